The quantitative estimate of drug-likeness (QED) is 0.480. The van der Waals surface area contributed by atoms with E-state index in [2.05, 4.69) is 12.1 Å². The number of fused-ring (bicyclic) bond motifs is 3. The van der Waals surface area contributed by atoms with Crippen molar-refractivity contribution in [2.75, 3.05) is 13.2 Å². The molecule has 0 atom stereocenters. The van der Waals surface area contributed by atoms with Gasteiger partial charge in [-0.2, -0.15) is 0 Å². The Bertz CT molecular complexity index is 979. The van der Waals surface area contributed by atoms with Gasteiger partial charge < -0.3 is 14.2 Å². The van der Waals surface area contributed by atoms with Crippen LogP contribution >= 0.6 is 0 Å². The van der Waals surface area contributed by atoms with Crippen molar-refractivity contribution in [3.63, 3.8) is 0 Å². The van der Waals surface area contributed by atoms with Crippen LogP contribution in [0.5, 0.6) is 11.5 Å². The van der Waals surface area contributed by atoms with E-state index in [1.54, 1.807) is 18.2 Å². The first-order valence-corrected chi connectivity index (χ1v) is 10.0. The van der Waals surface area contributed by atoms with Gasteiger partial charge in [-0.15, -0.1) is 0 Å². The smallest absolute Gasteiger partial charge is 0.339 e. The van der Waals surface area contributed by atoms with Gasteiger partial charge in [0.1, 0.15) is 0 Å². The number of hydrogen-bond acceptors (Lipinski definition) is 4. The van der Waals surface area contributed by atoms with Crippen LogP contribution in [0, 0.1) is 0 Å². The summed E-state index contributed by atoms with van der Waals surface area (Å²) in [5.41, 5.74) is 4.68. The van der Waals surface area contributed by atoms with Crippen LogP contribution in [0.2, 0.25) is 0 Å². The number of esters is 1. The van der Waals surface area contributed by atoms with Crippen molar-refractivity contribution >= 4 is 5.97 Å². The van der Waals surface area contributed by atoms with Crippen LogP contribution in [0.1, 0.15) is 47.9 Å². The Kier molecular flexibility index (Phi) is 5.52. The van der Waals surface area contributed by atoms with Crippen LogP contribution in [-0.2, 0) is 4.74 Å². The predicted molar refractivity (Wildman–Crippen MR) is 113 cm³/mol. The third-order valence-electron chi connectivity index (χ3n) is 4.94. The molecule has 148 valence electrons. The van der Waals surface area contributed by atoms with Crippen molar-refractivity contribution < 1.29 is 19.0 Å². The van der Waals surface area contributed by atoms with Gasteiger partial charge in [0, 0.05) is 11.1 Å². The molecule has 0 spiro atoms. The molecule has 0 saturated carbocycles. The summed E-state index contributed by atoms with van der Waals surface area (Å²) in [5.74, 6) is 0.814. The van der Waals surface area contributed by atoms with Gasteiger partial charge in [0.25, 0.3) is 0 Å². The lowest BCUT2D eigenvalue weighted by molar-refractivity contribution is 0.0385. The van der Waals surface area contributed by atoms with Crippen LogP contribution < -0.4 is 9.47 Å². The zero-order valence-corrected chi connectivity index (χ0v) is 16.7. The summed E-state index contributed by atoms with van der Waals surface area (Å²) in [4.78, 5) is 13.0. The van der Waals surface area contributed by atoms with Crippen LogP contribution in [0.25, 0.3) is 11.1 Å². The van der Waals surface area contributed by atoms with Crippen molar-refractivity contribution in [1.29, 1.82) is 0 Å². The van der Waals surface area contributed by atoms with E-state index in [0.717, 1.165) is 28.7 Å². The maximum atomic E-state index is 13.0. The number of carbonyl (C=O) groups excluding carboxylic acids is 1. The molecular formula is C25H24O4. The summed E-state index contributed by atoms with van der Waals surface area (Å²) in [7, 11) is 0. The summed E-state index contributed by atoms with van der Waals surface area (Å²) in [6, 6.07) is 21.3. The summed E-state index contributed by atoms with van der Waals surface area (Å²) in [5, 5.41) is 0. The SMILES string of the molecule is CCCOc1ccc(C(=O)OC2c3ccccc3-c3ccccc32)cc1OCC. The Morgan fingerprint density at radius 3 is 2.10 bits per heavy atom. The zero-order chi connectivity index (χ0) is 20.2. The highest BCUT2D eigenvalue weighted by atomic mass is 16.5. The van der Waals surface area contributed by atoms with E-state index in [0.29, 0.717) is 30.3 Å². The molecule has 4 heteroatoms. The van der Waals surface area contributed by atoms with Gasteiger partial charge in [0.05, 0.1) is 18.8 Å². The molecule has 0 heterocycles. The fourth-order valence-corrected chi connectivity index (χ4v) is 3.65. The minimum Gasteiger partial charge on any atom is -0.490 e. The maximum Gasteiger partial charge on any atom is 0.339 e. The van der Waals surface area contributed by atoms with Crippen molar-refractivity contribution in [2.45, 2.75) is 26.4 Å². The Labute approximate surface area is 171 Å². The fourth-order valence-electron chi connectivity index (χ4n) is 3.65. The Balaban J connectivity index is 1.62. The summed E-state index contributed by atoms with van der Waals surface area (Å²) >= 11 is 0. The zero-order valence-electron chi connectivity index (χ0n) is 16.7. The summed E-state index contributed by atoms with van der Waals surface area (Å²) < 4.78 is 17.4. The molecule has 0 fully saturated rings. The van der Waals surface area contributed by atoms with E-state index < -0.39 is 6.10 Å². The molecule has 0 aliphatic heterocycles. The molecule has 0 bridgehead atoms. The van der Waals surface area contributed by atoms with Crippen LogP contribution in [0.3, 0.4) is 0 Å². The second kappa shape index (κ2) is 8.39. The maximum absolute atomic E-state index is 13.0. The van der Waals surface area contributed by atoms with Crippen LogP contribution in [0.4, 0.5) is 0 Å². The molecule has 0 N–H and O–H groups in total. The molecule has 29 heavy (non-hydrogen) atoms. The molecule has 3 aromatic rings. The Morgan fingerprint density at radius 2 is 1.48 bits per heavy atom. The third kappa shape index (κ3) is 3.70. The highest BCUT2D eigenvalue weighted by Gasteiger charge is 2.31. The van der Waals surface area contributed by atoms with Crippen LogP contribution in [0.15, 0.2) is 66.7 Å². The molecule has 1 aliphatic carbocycles. The molecular weight excluding hydrogens is 364 g/mol. The minimum atomic E-state index is -0.415. The molecule has 0 radical (unpaired) electrons. The summed E-state index contributed by atoms with van der Waals surface area (Å²) in [6.07, 6.45) is 0.483. The third-order valence-corrected chi connectivity index (χ3v) is 4.94. The lowest BCUT2D eigenvalue weighted by atomic mass is 10.1. The molecule has 4 nitrogen and oxygen atoms in total. The van der Waals surface area contributed by atoms with Crippen molar-refractivity contribution in [2.24, 2.45) is 0 Å². The van der Waals surface area contributed by atoms with Gasteiger partial charge in [0.2, 0.25) is 0 Å². The highest BCUT2D eigenvalue weighted by Crippen LogP contribution is 2.45. The van der Waals surface area contributed by atoms with Crippen molar-refractivity contribution in [3.8, 4) is 22.6 Å². The molecule has 1 aliphatic rings. The van der Waals surface area contributed by atoms with Crippen molar-refractivity contribution in [3.05, 3.63) is 83.4 Å². The Hall–Kier alpha value is -3.27. The van der Waals surface area contributed by atoms with Crippen LogP contribution in [-0.4, -0.2) is 19.2 Å². The second-order valence-electron chi connectivity index (χ2n) is 6.90. The largest absolute Gasteiger partial charge is 0.490 e. The van der Waals surface area contributed by atoms with E-state index in [-0.39, 0.29) is 5.97 Å². The van der Waals surface area contributed by atoms with Gasteiger partial charge in [-0.3, -0.25) is 0 Å². The first kappa shape index (κ1) is 19.1. The number of rotatable bonds is 7. The molecule has 0 saturated heterocycles. The second-order valence-corrected chi connectivity index (χ2v) is 6.90. The Morgan fingerprint density at radius 1 is 0.828 bits per heavy atom. The van der Waals surface area contributed by atoms with E-state index in [1.807, 2.05) is 50.2 Å². The number of carbonyl (C=O) groups is 1. The lowest BCUT2D eigenvalue weighted by Gasteiger charge is -2.16. The van der Waals surface area contributed by atoms with E-state index in [4.69, 9.17) is 14.2 Å². The average Bonchev–Trinajstić information content (AvgIpc) is 3.07. The highest BCUT2D eigenvalue weighted by molar-refractivity contribution is 5.91. The van der Waals surface area contributed by atoms with E-state index in [9.17, 15) is 4.79 Å². The van der Waals surface area contributed by atoms with Gasteiger partial charge >= 0.3 is 5.97 Å². The number of ether oxygens (including phenoxy) is 3. The fraction of sp³-hybridized carbons (Fsp3) is 0.240. The molecule has 4 rings (SSSR count). The van der Waals surface area contributed by atoms with Gasteiger partial charge in [-0.1, -0.05) is 55.5 Å². The number of hydrogen-bond donors (Lipinski definition) is 0. The topological polar surface area (TPSA) is 44.8 Å². The van der Waals surface area contributed by atoms with E-state index >= 15 is 0 Å². The predicted octanol–water partition coefficient (Wildman–Crippen LogP) is 5.80. The normalized spacial score (nSPS) is 12.2. The van der Waals surface area contributed by atoms with Crippen molar-refractivity contribution in [1.82, 2.24) is 0 Å². The molecule has 3 aromatic carbocycles. The lowest BCUT2D eigenvalue weighted by Crippen LogP contribution is -2.11. The van der Waals surface area contributed by atoms with E-state index in [1.165, 1.54) is 0 Å². The standard InChI is InChI=1S/C25H24O4/c1-3-15-28-22-14-13-17(16-23(22)27-4-2)25(26)29-24-20-11-7-5-9-18(20)19-10-6-8-12-21(19)24/h5-14,16,24H,3-4,15H2,1-2H3. The van der Waals surface area contributed by atoms with Gasteiger partial charge in [-0.05, 0) is 42.7 Å². The first-order chi connectivity index (χ1) is 14.2. The average molecular weight is 388 g/mol. The molecule has 0 unspecified atom stereocenters. The number of benzene rings is 3. The first-order valence-electron chi connectivity index (χ1n) is 10.0. The molecule has 0 aromatic heterocycles. The monoisotopic (exact) mass is 388 g/mol. The minimum absolute atomic E-state index is 0.385. The van der Waals surface area contributed by atoms with Gasteiger partial charge in [-0.25, -0.2) is 4.79 Å². The molecule has 0 amide bonds. The summed E-state index contributed by atoms with van der Waals surface area (Å²) in [6.45, 7) is 5.04. The van der Waals surface area contributed by atoms with Gasteiger partial charge in [0.15, 0.2) is 17.6 Å².